The molecule has 0 spiro atoms. The second kappa shape index (κ2) is 6.78. The van der Waals surface area contributed by atoms with Crippen LogP contribution in [0.25, 0.3) is 5.82 Å². The van der Waals surface area contributed by atoms with Crippen LogP contribution in [0.3, 0.4) is 0 Å². The number of nitrogen functional groups attached to an aromatic ring is 1. The zero-order valence-electron chi connectivity index (χ0n) is 13.4. The first-order valence-corrected chi connectivity index (χ1v) is 7.84. The lowest BCUT2D eigenvalue weighted by molar-refractivity contribution is 0.325. The Kier molecular flexibility index (Phi) is 5.04. The summed E-state index contributed by atoms with van der Waals surface area (Å²) in [4.78, 5) is 4.04. The van der Waals surface area contributed by atoms with Gasteiger partial charge in [0.2, 0.25) is 5.95 Å². The first-order valence-electron chi connectivity index (χ1n) is 7.84. The molecule has 1 heterocycles. The van der Waals surface area contributed by atoms with Gasteiger partial charge in [-0.15, -0.1) is 0 Å². The van der Waals surface area contributed by atoms with Gasteiger partial charge in [0.15, 0.2) is 0 Å². The van der Waals surface area contributed by atoms with Gasteiger partial charge in [0.05, 0.1) is 0 Å². The van der Waals surface area contributed by atoms with Crippen LogP contribution in [0.15, 0.2) is 24.1 Å². The fourth-order valence-electron chi connectivity index (χ4n) is 2.78. The number of aromatic nitrogens is 3. The van der Waals surface area contributed by atoms with Crippen molar-refractivity contribution in [3.63, 3.8) is 0 Å². The van der Waals surface area contributed by atoms with Crippen LogP contribution in [0.2, 0.25) is 0 Å². The molecule has 1 aliphatic rings. The van der Waals surface area contributed by atoms with E-state index in [-0.39, 0.29) is 0 Å². The molecule has 0 aromatic carbocycles. The lowest BCUT2D eigenvalue weighted by Gasteiger charge is -2.29. The van der Waals surface area contributed by atoms with E-state index in [1.54, 1.807) is 4.68 Å². The molecule has 0 bridgehead atoms. The van der Waals surface area contributed by atoms with Gasteiger partial charge in [0.25, 0.3) is 0 Å². The average Bonchev–Trinajstić information content (AvgIpc) is 2.91. The van der Waals surface area contributed by atoms with Crippen molar-refractivity contribution in [3.05, 3.63) is 24.1 Å². The number of rotatable bonds is 5. The Morgan fingerprint density at radius 1 is 1.43 bits per heavy atom. The van der Waals surface area contributed by atoms with Gasteiger partial charge in [0, 0.05) is 6.04 Å². The predicted octanol–water partition coefficient (Wildman–Crippen LogP) is 3.18. The average molecular weight is 289 g/mol. The van der Waals surface area contributed by atoms with E-state index >= 15 is 0 Å². The molecule has 0 unspecified atom stereocenters. The van der Waals surface area contributed by atoms with Gasteiger partial charge in [-0.1, -0.05) is 20.4 Å². The summed E-state index contributed by atoms with van der Waals surface area (Å²) in [5.74, 6) is 2.17. The van der Waals surface area contributed by atoms with Crippen molar-refractivity contribution in [1.29, 1.82) is 0 Å². The minimum Gasteiger partial charge on any atom is -0.368 e. The molecule has 1 aromatic rings. The smallest absolute Gasteiger partial charge is 0.224 e. The second-order valence-electron chi connectivity index (χ2n) is 6.06. The predicted molar refractivity (Wildman–Crippen MR) is 87.3 cm³/mol. The first-order chi connectivity index (χ1) is 10.0. The van der Waals surface area contributed by atoms with E-state index in [2.05, 4.69) is 42.7 Å². The highest BCUT2D eigenvalue weighted by atomic mass is 15.4. The third-order valence-corrected chi connectivity index (χ3v) is 4.45. The maximum absolute atomic E-state index is 5.93. The van der Waals surface area contributed by atoms with E-state index < -0.39 is 0 Å². The molecular formula is C16H27N5. The van der Waals surface area contributed by atoms with Crippen LogP contribution in [-0.4, -0.2) is 20.8 Å². The van der Waals surface area contributed by atoms with Gasteiger partial charge in [-0.2, -0.15) is 14.8 Å². The van der Waals surface area contributed by atoms with Crippen LogP contribution in [0.1, 0.15) is 52.9 Å². The van der Waals surface area contributed by atoms with Gasteiger partial charge in [-0.25, -0.2) is 0 Å². The lowest BCUT2D eigenvalue weighted by Crippen LogP contribution is -2.34. The summed E-state index contributed by atoms with van der Waals surface area (Å²) in [6.45, 7) is 10.6. The van der Waals surface area contributed by atoms with E-state index in [0.717, 1.165) is 29.3 Å². The Balaban J connectivity index is 2.25. The number of hydrogen-bond acceptors (Lipinski definition) is 4. The maximum Gasteiger partial charge on any atom is 0.224 e. The number of hydrogen-bond donors (Lipinski definition) is 2. The summed E-state index contributed by atoms with van der Waals surface area (Å²) >= 11 is 0. The molecule has 1 fully saturated rings. The zero-order chi connectivity index (χ0) is 15.4. The van der Waals surface area contributed by atoms with E-state index in [4.69, 9.17) is 5.73 Å². The van der Waals surface area contributed by atoms with E-state index in [1.165, 1.54) is 32.0 Å². The molecule has 0 atom stereocenters. The fourth-order valence-corrected chi connectivity index (χ4v) is 2.78. The third kappa shape index (κ3) is 3.65. The quantitative estimate of drug-likeness (QED) is 0.817. The van der Waals surface area contributed by atoms with Crippen molar-refractivity contribution in [1.82, 2.24) is 20.1 Å². The number of anilines is 1. The number of nitrogens with zero attached hydrogens (tertiary/aromatic N) is 3. The van der Waals surface area contributed by atoms with Crippen LogP contribution in [-0.2, 0) is 0 Å². The van der Waals surface area contributed by atoms with Gasteiger partial charge in [-0.3, -0.25) is 0 Å². The Morgan fingerprint density at radius 3 is 2.62 bits per heavy atom. The molecule has 0 aliphatic heterocycles. The van der Waals surface area contributed by atoms with Gasteiger partial charge < -0.3 is 11.1 Å². The van der Waals surface area contributed by atoms with Gasteiger partial charge in [-0.05, 0) is 56.1 Å². The largest absolute Gasteiger partial charge is 0.368 e. The molecule has 5 nitrogen and oxygen atoms in total. The fraction of sp³-hybridized carbons (Fsp3) is 0.625. The second-order valence-corrected chi connectivity index (χ2v) is 6.06. The minimum atomic E-state index is 0.407. The van der Waals surface area contributed by atoms with Crippen LogP contribution in [0.5, 0.6) is 0 Å². The summed E-state index contributed by atoms with van der Waals surface area (Å²) in [7, 11) is 0. The van der Waals surface area contributed by atoms with E-state index in [9.17, 15) is 0 Å². The first kappa shape index (κ1) is 15.6. The van der Waals surface area contributed by atoms with Gasteiger partial charge >= 0.3 is 0 Å². The Bertz CT molecular complexity index is 521. The van der Waals surface area contributed by atoms with Crippen molar-refractivity contribution in [2.75, 3.05) is 5.73 Å². The molecule has 3 N–H and O–H groups in total. The Morgan fingerprint density at radius 2 is 2.10 bits per heavy atom. The van der Waals surface area contributed by atoms with Crippen molar-refractivity contribution in [2.45, 2.75) is 58.9 Å². The van der Waals surface area contributed by atoms with Crippen molar-refractivity contribution in [2.24, 2.45) is 5.92 Å². The zero-order valence-corrected chi connectivity index (χ0v) is 13.4. The summed E-state index contributed by atoms with van der Waals surface area (Å²) < 4.78 is 1.69. The molecule has 0 radical (unpaired) electrons. The standard InChI is InChI=1S/C16H27N5/c1-5-12(3)13(4)15(21-16(17)18-10-19-21)20-14-8-6-11(2)7-9-14/h10-11,14,20H,3,5-9H2,1-2,4H3,(H2,17,18,19)/b15-13-. The molecule has 2 rings (SSSR count). The van der Waals surface area contributed by atoms with Crippen LogP contribution < -0.4 is 11.1 Å². The molecule has 5 heteroatoms. The van der Waals surface area contributed by atoms with Crippen molar-refractivity contribution >= 4 is 11.8 Å². The number of allylic oxidation sites excluding steroid dienone is 2. The molecule has 21 heavy (non-hydrogen) atoms. The highest BCUT2D eigenvalue weighted by molar-refractivity contribution is 5.57. The third-order valence-electron chi connectivity index (χ3n) is 4.45. The van der Waals surface area contributed by atoms with E-state index in [0.29, 0.717) is 12.0 Å². The summed E-state index contributed by atoms with van der Waals surface area (Å²) in [6, 6.07) is 0.472. The molecule has 1 aliphatic carbocycles. The molecule has 0 saturated heterocycles. The van der Waals surface area contributed by atoms with Crippen LogP contribution in [0.4, 0.5) is 5.95 Å². The lowest BCUT2D eigenvalue weighted by atomic mass is 9.87. The Hall–Kier alpha value is -1.78. The maximum atomic E-state index is 5.93. The van der Waals surface area contributed by atoms with Crippen LogP contribution in [0, 0.1) is 5.92 Å². The molecule has 0 amide bonds. The normalized spacial score (nSPS) is 23.6. The van der Waals surface area contributed by atoms with Crippen molar-refractivity contribution < 1.29 is 0 Å². The highest BCUT2D eigenvalue weighted by Gasteiger charge is 2.21. The number of nitrogens with one attached hydrogen (secondary N) is 1. The van der Waals surface area contributed by atoms with Gasteiger partial charge in [0.1, 0.15) is 12.1 Å². The highest BCUT2D eigenvalue weighted by Crippen LogP contribution is 2.26. The Labute approximate surface area is 127 Å². The molecule has 1 saturated carbocycles. The van der Waals surface area contributed by atoms with E-state index in [1.807, 2.05) is 0 Å². The van der Waals surface area contributed by atoms with Crippen LogP contribution >= 0.6 is 0 Å². The van der Waals surface area contributed by atoms with Crippen molar-refractivity contribution in [3.8, 4) is 0 Å². The molecular weight excluding hydrogens is 262 g/mol. The summed E-state index contributed by atoms with van der Waals surface area (Å²) in [5.41, 5.74) is 8.13. The number of nitrogens with two attached hydrogens (primary N) is 1. The summed E-state index contributed by atoms with van der Waals surface area (Å²) in [6.07, 6.45) is 7.31. The minimum absolute atomic E-state index is 0.407. The molecule has 116 valence electrons. The molecule has 1 aromatic heterocycles. The topological polar surface area (TPSA) is 68.8 Å². The summed E-state index contributed by atoms with van der Waals surface area (Å²) in [5, 5.41) is 7.89. The SMILES string of the molecule is C=C(CC)/C(C)=C(/NC1CCC(C)CC1)n1ncnc1N. The monoisotopic (exact) mass is 289 g/mol.